The lowest BCUT2D eigenvalue weighted by Crippen LogP contribution is -2.62. The zero-order chi connectivity index (χ0) is 17.7. The van der Waals surface area contributed by atoms with Crippen molar-refractivity contribution in [3.05, 3.63) is 35.9 Å². The van der Waals surface area contributed by atoms with Gasteiger partial charge in [-0.3, -0.25) is 14.5 Å². The second kappa shape index (κ2) is 9.38. The van der Waals surface area contributed by atoms with E-state index in [2.05, 4.69) is 15.5 Å². The molecular weight excluding hydrogens is 350 g/mol. The first-order valence-corrected chi connectivity index (χ1v) is 9.48. The summed E-state index contributed by atoms with van der Waals surface area (Å²) in [4.78, 5) is 27.8. The zero-order valence-electron chi connectivity index (χ0n) is 15.5. The number of nitrogens with one attached hydrogen (secondary N) is 2. The predicted octanol–water partition coefficient (Wildman–Crippen LogP) is 2.64. The van der Waals surface area contributed by atoms with Gasteiger partial charge >= 0.3 is 0 Å². The minimum Gasteiger partial charge on any atom is -0.358 e. The number of carbonyl (C=O) groups is 2. The Kier molecular flexibility index (Phi) is 7.47. The topological polar surface area (TPSA) is 61.4 Å². The molecule has 2 amide bonds. The highest BCUT2D eigenvalue weighted by molar-refractivity contribution is 5.88. The van der Waals surface area contributed by atoms with Crippen molar-refractivity contribution in [2.45, 2.75) is 63.1 Å². The lowest BCUT2D eigenvalue weighted by atomic mass is 9.79. The fourth-order valence-electron chi connectivity index (χ4n) is 4.47. The van der Waals surface area contributed by atoms with Crippen molar-refractivity contribution in [2.75, 3.05) is 13.6 Å². The number of benzene rings is 1. The molecule has 26 heavy (non-hydrogen) atoms. The quantitative estimate of drug-likeness (QED) is 0.826. The number of amides is 2. The Hall–Kier alpha value is -1.59. The van der Waals surface area contributed by atoms with E-state index in [-0.39, 0.29) is 30.3 Å². The summed E-state index contributed by atoms with van der Waals surface area (Å²) in [5, 5.41) is 5.93. The van der Waals surface area contributed by atoms with E-state index < -0.39 is 5.54 Å². The third-order valence-electron chi connectivity index (χ3n) is 5.75. The summed E-state index contributed by atoms with van der Waals surface area (Å²) in [7, 11) is 1.71. The molecule has 6 heteroatoms. The summed E-state index contributed by atoms with van der Waals surface area (Å²) in [5.74, 6) is 0.130. The Balaban J connectivity index is 0.00000243. The molecule has 1 aliphatic carbocycles. The fourth-order valence-corrected chi connectivity index (χ4v) is 4.47. The summed E-state index contributed by atoms with van der Waals surface area (Å²) in [6, 6.07) is 9.76. The van der Waals surface area contributed by atoms with Gasteiger partial charge in [0.1, 0.15) is 5.54 Å². The van der Waals surface area contributed by atoms with Crippen LogP contribution in [0.15, 0.2) is 30.3 Å². The molecule has 1 aliphatic heterocycles. The van der Waals surface area contributed by atoms with Crippen LogP contribution in [0.2, 0.25) is 0 Å². The molecule has 0 spiro atoms. The van der Waals surface area contributed by atoms with Gasteiger partial charge < -0.3 is 10.6 Å². The standard InChI is InChI=1S/C20H29N3O2.ClH/c1-21-19(25)20(12-6-3-7-13-20)23-14-8-11-17(23)18(24)22-15-16-9-4-2-5-10-16;/h2,4-5,9-10,17H,3,6-8,11-15H2,1H3,(H,21,25)(H,22,24);1H/t17-;/m0./s1. The lowest BCUT2D eigenvalue weighted by molar-refractivity contribution is -0.140. The average molecular weight is 380 g/mol. The Morgan fingerprint density at radius 2 is 1.81 bits per heavy atom. The van der Waals surface area contributed by atoms with Crippen molar-refractivity contribution in [3.8, 4) is 0 Å². The van der Waals surface area contributed by atoms with Crippen LogP contribution >= 0.6 is 12.4 Å². The number of halogens is 1. The molecule has 2 N–H and O–H groups in total. The lowest BCUT2D eigenvalue weighted by Gasteiger charge is -2.45. The number of hydrogen-bond donors (Lipinski definition) is 2. The molecule has 1 aromatic carbocycles. The fraction of sp³-hybridized carbons (Fsp3) is 0.600. The molecular formula is C20H30ClN3O2. The van der Waals surface area contributed by atoms with Crippen molar-refractivity contribution in [2.24, 2.45) is 0 Å². The van der Waals surface area contributed by atoms with E-state index in [1.54, 1.807) is 7.05 Å². The maximum absolute atomic E-state index is 12.8. The monoisotopic (exact) mass is 379 g/mol. The summed E-state index contributed by atoms with van der Waals surface area (Å²) < 4.78 is 0. The molecule has 3 rings (SSSR count). The van der Waals surface area contributed by atoms with Crippen LogP contribution in [0.1, 0.15) is 50.5 Å². The van der Waals surface area contributed by atoms with E-state index in [9.17, 15) is 9.59 Å². The molecule has 1 saturated carbocycles. The molecule has 1 heterocycles. The first kappa shape index (κ1) is 20.7. The third kappa shape index (κ3) is 4.21. The maximum Gasteiger partial charge on any atom is 0.240 e. The molecule has 5 nitrogen and oxygen atoms in total. The van der Waals surface area contributed by atoms with Gasteiger partial charge in [0.15, 0.2) is 0 Å². The summed E-state index contributed by atoms with van der Waals surface area (Å²) >= 11 is 0. The maximum atomic E-state index is 12.8. The van der Waals surface area contributed by atoms with Gasteiger partial charge in [-0.1, -0.05) is 49.6 Å². The van der Waals surface area contributed by atoms with Crippen molar-refractivity contribution >= 4 is 24.2 Å². The van der Waals surface area contributed by atoms with E-state index in [0.29, 0.717) is 6.54 Å². The highest BCUT2D eigenvalue weighted by atomic mass is 35.5. The second-order valence-electron chi connectivity index (χ2n) is 7.23. The first-order valence-electron chi connectivity index (χ1n) is 9.48. The second-order valence-corrected chi connectivity index (χ2v) is 7.23. The number of hydrogen-bond acceptors (Lipinski definition) is 3. The number of rotatable bonds is 5. The summed E-state index contributed by atoms with van der Waals surface area (Å²) in [5.41, 5.74) is 0.595. The molecule has 1 aromatic rings. The summed E-state index contributed by atoms with van der Waals surface area (Å²) in [6.07, 6.45) is 6.81. The van der Waals surface area contributed by atoms with Gasteiger partial charge in [-0.2, -0.15) is 0 Å². The van der Waals surface area contributed by atoms with Crippen LogP contribution in [0, 0.1) is 0 Å². The van der Waals surface area contributed by atoms with Crippen LogP contribution in [-0.2, 0) is 16.1 Å². The minimum atomic E-state index is -0.502. The van der Waals surface area contributed by atoms with E-state index >= 15 is 0 Å². The largest absolute Gasteiger partial charge is 0.358 e. The molecule has 1 saturated heterocycles. The molecule has 2 fully saturated rings. The van der Waals surface area contributed by atoms with Gasteiger partial charge in [0, 0.05) is 20.1 Å². The SMILES string of the molecule is CNC(=O)C1(N2CCC[C@H]2C(=O)NCc2ccccc2)CCCCC1.Cl. The van der Waals surface area contributed by atoms with Gasteiger partial charge in [0.25, 0.3) is 0 Å². The summed E-state index contributed by atoms with van der Waals surface area (Å²) in [6.45, 7) is 1.37. The normalized spacial score (nSPS) is 22.3. The van der Waals surface area contributed by atoms with Gasteiger partial charge in [-0.05, 0) is 31.2 Å². The Labute approximate surface area is 162 Å². The number of likely N-dealkylation sites (N-methyl/N-ethyl adjacent to an activating group) is 1. The predicted molar refractivity (Wildman–Crippen MR) is 105 cm³/mol. The van der Waals surface area contributed by atoms with Crippen LogP contribution in [0.25, 0.3) is 0 Å². The molecule has 0 aromatic heterocycles. The van der Waals surface area contributed by atoms with Crippen molar-refractivity contribution in [1.29, 1.82) is 0 Å². The third-order valence-corrected chi connectivity index (χ3v) is 5.75. The Morgan fingerprint density at radius 3 is 2.46 bits per heavy atom. The molecule has 0 bridgehead atoms. The molecule has 144 valence electrons. The molecule has 0 radical (unpaired) electrons. The number of carbonyl (C=O) groups excluding carboxylic acids is 2. The van der Waals surface area contributed by atoms with Gasteiger partial charge in [0.2, 0.25) is 11.8 Å². The molecule has 2 aliphatic rings. The molecule has 0 unspecified atom stereocenters. The van der Waals surface area contributed by atoms with Crippen molar-refractivity contribution in [1.82, 2.24) is 15.5 Å². The van der Waals surface area contributed by atoms with Crippen LogP contribution in [0.5, 0.6) is 0 Å². The van der Waals surface area contributed by atoms with E-state index in [1.807, 2.05) is 30.3 Å². The number of likely N-dealkylation sites (tertiary alicyclic amines) is 1. The van der Waals surface area contributed by atoms with Crippen LogP contribution in [0.4, 0.5) is 0 Å². The highest BCUT2D eigenvalue weighted by Gasteiger charge is 2.49. The smallest absolute Gasteiger partial charge is 0.240 e. The molecule has 1 atom stereocenters. The van der Waals surface area contributed by atoms with Crippen LogP contribution in [-0.4, -0.2) is 41.9 Å². The van der Waals surface area contributed by atoms with Crippen molar-refractivity contribution < 1.29 is 9.59 Å². The first-order chi connectivity index (χ1) is 12.2. The van der Waals surface area contributed by atoms with Crippen LogP contribution in [0.3, 0.4) is 0 Å². The number of nitrogens with zero attached hydrogens (tertiary/aromatic N) is 1. The zero-order valence-corrected chi connectivity index (χ0v) is 16.3. The average Bonchev–Trinajstić information content (AvgIpc) is 3.17. The van der Waals surface area contributed by atoms with E-state index in [0.717, 1.165) is 50.6 Å². The minimum absolute atomic E-state index is 0. The van der Waals surface area contributed by atoms with E-state index in [1.165, 1.54) is 6.42 Å². The van der Waals surface area contributed by atoms with E-state index in [4.69, 9.17) is 0 Å². The van der Waals surface area contributed by atoms with Gasteiger partial charge in [-0.15, -0.1) is 12.4 Å². The Morgan fingerprint density at radius 1 is 1.12 bits per heavy atom. The van der Waals surface area contributed by atoms with Gasteiger partial charge in [0.05, 0.1) is 6.04 Å². The van der Waals surface area contributed by atoms with Crippen molar-refractivity contribution in [3.63, 3.8) is 0 Å². The van der Waals surface area contributed by atoms with Gasteiger partial charge in [-0.25, -0.2) is 0 Å². The van der Waals surface area contributed by atoms with Crippen LogP contribution < -0.4 is 10.6 Å². The highest BCUT2D eigenvalue weighted by Crippen LogP contribution is 2.38. The Bertz CT molecular complexity index is 602.